The van der Waals surface area contributed by atoms with Crippen molar-refractivity contribution in [2.45, 2.75) is 32.8 Å². The Morgan fingerprint density at radius 3 is 2.56 bits per heavy atom. The summed E-state index contributed by atoms with van der Waals surface area (Å²) < 4.78 is 22.5. The molecule has 0 amide bonds. The molecular formula is C27H30ClNO7. The number of β-amino-alcohol motifs (C(OH)–C–C–N with tert-alkyl or cyclic N) is 1. The molecule has 0 spiro atoms. The molecule has 2 heterocycles. The van der Waals surface area contributed by atoms with Crippen LogP contribution in [0, 0.1) is 12.8 Å². The number of nitrogens with zero attached hydrogens (tertiary/aromatic N) is 1. The lowest BCUT2D eigenvalue weighted by molar-refractivity contribution is -0.149. The Kier molecular flexibility index (Phi) is 8.51. The van der Waals surface area contributed by atoms with Crippen LogP contribution in [0.3, 0.4) is 0 Å². The van der Waals surface area contributed by atoms with Gasteiger partial charge in [-0.25, -0.2) is 0 Å². The molecule has 3 aromatic rings. The maximum Gasteiger partial charge on any atom is 0.309 e. The number of carbonyl (C=O) groups excluding carboxylic acids is 1. The zero-order chi connectivity index (χ0) is 25.7. The molecule has 0 saturated carbocycles. The van der Waals surface area contributed by atoms with Crippen LogP contribution in [0.25, 0.3) is 11.0 Å². The number of aliphatic hydroxyl groups excluding tert-OH is 1. The van der Waals surface area contributed by atoms with Crippen molar-refractivity contribution in [1.29, 1.82) is 0 Å². The maximum atomic E-state index is 13.0. The molecule has 0 aliphatic carbocycles. The van der Waals surface area contributed by atoms with Crippen molar-refractivity contribution in [3.8, 4) is 17.2 Å². The van der Waals surface area contributed by atoms with Crippen LogP contribution in [0.2, 0.25) is 5.02 Å². The zero-order valence-corrected chi connectivity index (χ0v) is 21.1. The summed E-state index contributed by atoms with van der Waals surface area (Å²) in [7, 11) is 0. The molecule has 1 unspecified atom stereocenters. The summed E-state index contributed by atoms with van der Waals surface area (Å²) in [6.07, 6.45) is 0.738. The molecule has 1 fully saturated rings. The monoisotopic (exact) mass is 515 g/mol. The number of piperidine rings is 1. The van der Waals surface area contributed by atoms with Crippen LogP contribution in [0.15, 0.2) is 51.7 Å². The smallest absolute Gasteiger partial charge is 0.309 e. The van der Waals surface area contributed by atoms with E-state index < -0.39 is 6.10 Å². The van der Waals surface area contributed by atoms with Gasteiger partial charge in [0.1, 0.15) is 35.6 Å². The van der Waals surface area contributed by atoms with E-state index in [0.29, 0.717) is 46.4 Å². The van der Waals surface area contributed by atoms with Crippen LogP contribution in [0.1, 0.15) is 25.5 Å². The van der Waals surface area contributed by atoms with E-state index in [1.165, 1.54) is 0 Å². The number of aliphatic hydroxyl groups is 1. The third kappa shape index (κ3) is 6.37. The van der Waals surface area contributed by atoms with Gasteiger partial charge in [0.2, 0.25) is 11.2 Å². The number of benzene rings is 2. The molecule has 1 aliphatic rings. The van der Waals surface area contributed by atoms with Crippen molar-refractivity contribution in [2.24, 2.45) is 5.92 Å². The van der Waals surface area contributed by atoms with Crippen LogP contribution in [-0.2, 0) is 9.53 Å². The van der Waals surface area contributed by atoms with E-state index in [2.05, 4.69) is 4.90 Å². The molecule has 1 aliphatic heterocycles. The van der Waals surface area contributed by atoms with Crippen LogP contribution in [0.5, 0.6) is 17.2 Å². The van der Waals surface area contributed by atoms with Crippen LogP contribution < -0.4 is 14.9 Å². The van der Waals surface area contributed by atoms with E-state index in [1.807, 2.05) is 6.92 Å². The van der Waals surface area contributed by atoms with Gasteiger partial charge in [0, 0.05) is 17.6 Å². The highest BCUT2D eigenvalue weighted by molar-refractivity contribution is 6.30. The number of likely N-dealkylation sites (tertiary alicyclic amines) is 1. The fourth-order valence-electron chi connectivity index (χ4n) is 4.25. The van der Waals surface area contributed by atoms with Crippen molar-refractivity contribution in [1.82, 2.24) is 4.90 Å². The Morgan fingerprint density at radius 1 is 1.17 bits per heavy atom. The van der Waals surface area contributed by atoms with E-state index in [9.17, 15) is 14.7 Å². The predicted molar refractivity (Wildman–Crippen MR) is 136 cm³/mol. The fourth-order valence-corrected chi connectivity index (χ4v) is 4.38. The largest absolute Gasteiger partial charge is 0.491 e. The Hall–Kier alpha value is -3.07. The number of hydrogen-bond donors (Lipinski definition) is 1. The first-order valence-corrected chi connectivity index (χ1v) is 12.4. The Labute approximate surface area is 214 Å². The molecule has 1 atom stereocenters. The minimum atomic E-state index is -0.705. The summed E-state index contributed by atoms with van der Waals surface area (Å²) in [4.78, 5) is 27.0. The van der Waals surface area contributed by atoms with Gasteiger partial charge in [0.15, 0.2) is 0 Å². The van der Waals surface area contributed by atoms with E-state index >= 15 is 0 Å². The topological polar surface area (TPSA) is 98.4 Å². The molecule has 1 aromatic heterocycles. The molecule has 0 bridgehead atoms. The second kappa shape index (κ2) is 11.8. The summed E-state index contributed by atoms with van der Waals surface area (Å²) >= 11 is 5.91. The Bertz CT molecular complexity index is 1250. The molecule has 1 saturated heterocycles. The number of halogens is 1. The van der Waals surface area contributed by atoms with E-state index in [4.69, 9.17) is 30.2 Å². The SMILES string of the molecule is CCOC(=O)C1CCN(CC(O)COc2ccc3c(=O)c(Oc4ccc(Cl)cc4)c(C)oc3c2)CC1. The van der Waals surface area contributed by atoms with Crippen molar-refractivity contribution >= 4 is 28.5 Å². The van der Waals surface area contributed by atoms with Gasteiger partial charge in [0.05, 0.1) is 17.9 Å². The number of rotatable bonds is 9. The summed E-state index contributed by atoms with van der Waals surface area (Å²) in [5.41, 5.74) is 0.0792. The summed E-state index contributed by atoms with van der Waals surface area (Å²) in [5, 5.41) is 11.4. The molecule has 0 radical (unpaired) electrons. The predicted octanol–water partition coefficient (Wildman–Crippen LogP) is 4.56. The van der Waals surface area contributed by atoms with Crippen molar-refractivity contribution in [2.75, 3.05) is 32.8 Å². The second-order valence-electron chi connectivity index (χ2n) is 8.82. The van der Waals surface area contributed by atoms with Gasteiger partial charge in [-0.2, -0.15) is 0 Å². The van der Waals surface area contributed by atoms with Crippen LogP contribution in [0.4, 0.5) is 0 Å². The third-order valence-corrected chi connectivity index (χ3v) is 6.39. The molecule has 4 rings (SSSR count). The van der Waals surface area contributed by atoms with E-state index in [-0.39, 0.29) is 29.7 Å². The Balaban J connectivity index is 1.34. The van der Waals surface area contributed by atoms with Gasteiger partial charge in [-0.1, -0.05) is 11.6 Å². The Morgan fingerprint density at radius 2 is 1.86 bits per heavy atom. The lowest BCUT2D eigenvalue weighted by atomic mass is 9.97. The minimum absolute atomic E-state index is 0.0672. The van der Waals surface area contributed by atoms with Crippen molar-refractivity contribution in [3.63, 3.8) is 0 Å². The first-order chi connectivity index (χ1) is 17.3. The standard InChI is InChI=1S/C27H30ClNO7/c1-3-33-27(32)18-10-12-29(13-11-18)15-20(30)16-34-22-8-9-23-24(14-22)35-17(2)26(25(23)31)36-21-6-4-19(28)5-7-21/h4-9,14,18,20,30H,3,10-13,15-16H2,1-2H3. The van der Waals surface area contributed by atoms with Crippen LogP contribution >= 0.6 is 11.6 Å². The summed E-state index contributed by atoms with van der Waals surface area (Å²) in [6.45, 7) is 5.85. The highest BCUT2D eigenvalue weighted by atomic mass is 35.5. The number of aryl methyl sites for hydroxylation is 1. The zero-order valence-electron chi connectivity index (χ0n) is 20.4. The number of carbonyl (C=O) groups is 1. The van der Waals surface area contributed by atoms with Gasteiger partial charge >= 0.3 is 5.97 Å². The van der Waals surface area contributed by atoms with Gasteiger partial charge in [0.25, 0.3) is 0 Å². The van der Waals surface area contributed by atoms with Crippen molar-refractivity contribution in [3.05, 3.63) is 63.5 Å². The number of ether oxygens (including phenoxy) is 3. The van der Waals surface area contributed by atoms with Gasteiger partial charge in [-0.3, -0.25) is 9.59 Å². The maximum absolute atomic E-state index is 13.0. The molecule has 8 nitrogen and oxygen atoms in total. The van der Waals surface area contributed by atoms with E-state index in [1.54, 1.807) is 49.4 Å². The fraction of sp³-hybridized carbons (Fsp3) is 0.407. The second-order valence-corrected chi connectivity index (χ2v) is 9.26. The first-order valence-electron chi connectivity index (χ1n) is 12.0. The van der Waals surface area contributed by atoms with E-state index in [0.717, 1.165) is 25.9 Å². The molecule has 9 heteroatoms. The molecular weight excluding hydrogens is 486 g/mol. The molecule has 1 N–H and O–H groups in total. The van der Waals surface area contributed by atoms with Gasteiger partial charge in [-0.15, -0.1) is 0 Å². The van der Waals surface area contributed by atoms with Crippen LogP contribution in [-0.4, -0.2) is 54.9 Å². The minimum Gasteiger partial charge on any atom is -0.491 e. The average molecular weight is 516 g/mol. The van der Waals surface area contributed by atoms with Crippen molar-refractivity contribution < 1.29 is 28.5 Å². The molecule has 36 heavy (non-hydrogen) atoms. The lowest BCUT2D eigenvalue weighted by Crippen LogP contribution is -2.42. The molecule has 192 valence electrons. The number of hydrogen-bond acceptors (Lipinski definition) is 8. The number of esters is 1. The first kappa shape index (κ1) is 26.0. The molecule has 2 aromatic carbocycles. The average Bonchev–Trinajstić information content (AvgIpc) is 2.87. The number of fused-ring (bicyclic) bond motifs is 1. The highest BCUT2D eigenvalue weighted by Gasteiger charge is 2.27. The normalized spacial score (nSPS) is 15.6. The quantitative estimate of drug-likeness (QED) is 0.414. The summed E-state index contributed by atoms with van der Waals surface area (Å²) in [6, 6.07) is 11.6. The summed E-state index contributed by atoms with van der Waals surface area (Å²) in [5.74, 6) is 1.21. The lowest BCUT2D eigenvalue weighted by Gasteiger charge is -2.32. The van der Waals surface area contributed by atoms with Gasteiger partial charge < -0.3 is 28.6 Å². The van der Waals surface area contributed by atoms with Gasteiger partial charge in [-0.05, 0) is 76.2 Å². The highest BCUT2D eigenvalue weighted by Crippen LogP contribution is 2.28. The third-order valence-electron chi connectivity index (χ3n) is 6.14.